The molecule has 1 fully saturated rings. The maximum absolute atomic E-state index is 11.7. The van der Waals surface area contributed by atoms with E-state index in [1.165, 1.54) is 0 Å². The molecule has 0 spiro atoms. The summed E-state index contributed by atoms with van der Waals surface area (Å²) in [7, 11) is -2.89. The minimum absolute atomic E-state index is 0.0346. The minimum atomic E-state index is -2.89. The van der Waals surface area contributed by atoms with E-state index < -0.39 is 9.84 Å². The van der Waals surface area contributed by atoms with Gasteiger partial charge in [0.15, 0.2) is 9.84 Å². The lowest BCUT2D eigenvalue weighted by Gasteiger charge is -2.21. The Hall–Kier alpha value is -1.36. The Balaban J connectivity index is 2.09. The minimum Gasteiger partial charge on any atom is -0.301 e. The third-order valence-corrected chi connectivity index (χ3v) is 5.42. The van der Waals surface area contributed by atoms with Crippen molar-refractivity contribution in [2.75, 3.05) is 11.5 Å². The van der Waals surface area contributed by atoms with Crippen molar-refractivity contribution in [1.82, 2.24) is 9.38 Å². The first kappa shape index (κ1) is 11.7. The molecule has 5 heteroatoms. The molecule has 0 saturated carbocycles. The highest BCUT2D eigenvalue weighted by Gasteiger charge is 2.28. The Labute approximate surface area is 107 Å². The van der Waals surface area contributed by atoms with Gasteiger partial charge in [-0.15, -0.1) is 0 Å². The molecule has 0 bridgehead atoms. The molecule has 96 valence electrons. The van der Waals surface area contributed by atoms with Crippen LogP contribution >= 0.6 is 0 Å². The third kappa shape index (κ3) is 1.92. The van der Waals surface area contributed by atoms with E-state index in [1.807, 2.05) is 31.3 Å². The van der Waals surface area contributed by atoms with Crippen molar-refractivity contribution in [1.29, 1.82) is 0 Å². The van der Waals surface area contributed by atoms with E-state index in [0.717, 1.165) is 29.9 Å². The fourth-order valence-corrected chi connectivity index (χ4v) is 4.46. The summed E-state index contributed by atoms with van der Waals surface area (Å²) < 4.78 is 25.6. The fraction of sp³-hybridized carbons (Fsp3) is 0.462. The summed E-state index contributed by atoms with van der Waals surface area (Å²) in [4.78, 5) is 4.44. The molecule has 18 heavy (non-hydrogen) atoms. The quantitative estimate of drug-likeness (QED) is 0.791. The van der Waals surface area contributed by atoms with E-state index in [9.17, 15) is 8.42 Å². The first-order chi connectivity index (χ1) is 8.57. The molecule has 1 aliphatic rings. The number of fused-ring (bicyclic) bond motifs is 1. The summed E-state index contributed by atoms with van der Waals surface area (Å²) in [5, 5.41) is 0. The predicted molar refractivity (Wildman–Crippen MR) is 70.6 cm³/mol. The van der Waals surface area contributed by atoms with Gasteiger partial charge in [-0.05, 0) is 31.9 Å². The van der Waals surface area contributed by atoms with Crippen molar-refractivity contribution < 1.29 is 8.42 Å². The molecule has 0 aliphatic carbocycles. The Morgan fingerprint density at radius 1 is 1.39 bits per heavy atom. The number of hydrogen-bond acceptors (Lipinski definition) is 3. The van der Waals surface area contributed by atoms with E-state index in [2.05, 4.69) is 9.38 Å². The van der Waals surface area contributed by atoms with E-state index in [4.69, 9.17) is 0 Å². The normalized spacial score (nSPS) is 23.3. The van der Waals surface area contributed by atoms with Gasteiger partial charge in [-0.1, -0.05) is 6.07 Å². The van der Waals surface area contributed by atoms with Crippen LogP contribution < -0.4 is 0 Å². The van der Waals surface area contributed by atoms with Crippen molar-refractivity contribution in [2.45, 2.75) is 25.7 Å². The van der Waals surface area contributed by atoms with Gasteiger partial charge in [0.05, 0.1) is 23.2 Å². The molecular formula is C13H16N2O2S. The van der Waals surface area contributed by atoms with Gasteiger partial charge >= 0.3 is 0 Å². The zero-order valence-electron chi connectivity index (χ0n) is 10.3. The van der Waals surface area contributed by atoms with Crippen molar-refractivity contribution in [3.05, 3.63) is 35.9 Å². The van der Waals surface area contributed by atoms with Crippen LogP contribution in [0.3, 0.4) is 0 Å². The largest absolute Gasteiger partial charge is 0.301 e. The van der Waals surface area contributed by atoms with Crippen LogP contribution in [0.15, 0.2) is 24.4 Å². The van der Waals surface area contributed by atoms with Gasteiger partial charge in [0.1, 0.15) is 5.82 Å². The van der Waals surface area contributed by atoms with Crippen molar-refractivity contribution in [3.63, 3.8) is 0 Å². The second-order valence-electron chi connectivity index (χ2n) is 5.00. The highest BCUT2D eigenvalue weighted by Crippen LogP contribution is 2.28. The third-order valence-electron chi connectivity index (χ3n) is 3.60. The smallest absolute Gasteiger partial charge is 0.151 e. The van der Waals surface area contributed by atoms with Gasteiger partial charge < -0.3 is 4.40 Å². The summed E-state index contributed by atoms with van der Waals surface area (Å²) in [6.45, 7) is 2.02. The number of imidazole rings is 1. The van der Waals surface area contributed by atoms with Crippen molar-refractivity contribution in [3.8, 4) is 0 Å². The van der Waals surface area contributed by atoms with Gasteiger partial charge in [-0.25, -0.2) is 13.4 Å². The fourth-order valence-electron chi connectivity index (χ4n) is 2.76. The Bertz CT molecular complexity index is 688. The average molecular weight is 264 g/mol. The predicted octanol–water partition coefficient (Wildman–Crippen LogP) is 1.93. The van der Waals surface area contributed by atoms with Gasteiger partial charge in [0.2, 0.25) is 0 Å². The molecule has 3 heterocycles. The summed E-state index contributed by atoms with van der Waals surface area (Å²) in [5.41, 5.74) is 2.14. The average Bonchev–Trinajstić information content (AvgIpc) is 2.73. The molecule has 0 radical (unpaired) electrons. The van der Waals surface area contributed by atoms with Crippen LogP contribution in [0, 0.1) is 6.92 Å². The van der Waals surface area contributed by atoms with Crippen LogP contribution in [0.2, 0.25) is 0 Å². The van der Waals surface area contributed by atoms with Gasteiger partial charge in [-0.3, -0.25) is 0 Å². The number of aryl methyl sites for hydroxylation is 1. The lowest BCUT2D eigenvalue weighted by Crippen LogP contribution is -2.25. The molecule has 1 aliphatic heterocycles. The summed E-state index contributed by atoms with van der Waals surface area (Å²) in [5.74, 6) is 1.49. The van der Waals surface area contributed by atoms with Crippen molar-refractivity contribution >= 4 is 15.4 Å². The lowest BCUT2D eigenvalue weighted by atomic mass is 10.0. The zero-order valence-corrected chi connectivity index (χ0v) is 11.2. The van der Waals surface area contributed by atoms with Crippen LogP contribution in [-0.4, -0.2) is 29.3 Å². The molecule has 0 aromatic carbocycles. The highest BCUT2D eigenvalue weighted by atomic mass is 32.2. The summed E-state index contributed by atoms with van der Waals surface area (Å²) in [6, 6.07) is 6.02. The number of pyridine rings is 1. The van der Waals surface area contributed by atoms with E-state index >= 15 is 0 Å². The van der Waals surface area contributed by atoms with E-state index in [-0.39, 0.29) is 11.7 Å². The maximum atomic E-state index is 11.7. The molecule has 2 aromatic rings. The first-order valence-corrected chi connectivity index (χ1v) is 8.02. The van der Waals surface area contributed by atoms with E-state index in [1.54, 1.807) is 0 Å². The van der Waals surface area contributed by atoms with Crippen LogP contribution in [-0.2, 0) is 9.84 Å². The molecule has 0 amide bonds. The highest BCUT2D eigenvalue weighted by molar-refractivity contribution is 7.91. The number of sulfone groups is 1. The lowest BCUT2D eigenvalue weighted by molar-refractivity contribution is 0.542. The molecule has 1 atom stereocenters. The molecule has 2 aromatic heterocycles. The molecular weight excluding hydrogens is 248 g/mol. The number of rotatable bonds is 1. The Morgan fingerprint density at radius 2 is 2.22 bits per heavy atom. The SMILES string of the molecule is Cc1cccc2cnc(C3CCCS(=O)(=O)C3)n12. The van der Waals surface area contributed by atoms with Crippen LogP contribution in [0.5, 0.6) is 0 Å². The van der Waals surface area contributed by atoms with Gasteiger partial charge in [0.25, 0.3) is 0 Å². The zero-order chi connectivity index (χ0) is 12.8. The molecule has 1 unspecified atom stereocenters. The van der Waals surface area contributed by atoms with Crippen LogP contribution in [0.4, 0.5) is 0 Å². The number of nitrogens with zero attached hydrogens (tertiary/aromatic N) is 2. The summed E-state index contributed by atoms with van der Waals surface area (Å²) in [6.07, 6.45) is 3.48. The second kappa shape index (κ2) is 4.09. The van der Waals surface area contributed by atoms with Crippen LogP contribution in [0.25, 0.3) is 5.52 Å². The monoisotopic (exact) mass is 264 g/mol. The molecule has 1 saturated heterocycles. The summed E-state index contributed by atoms with van der Waals surface area (Å²) >= 11 is 0. The van der Waals surface area contributed by atoms with Gasteiger partial charge in [0, 0.05) is 11.6 Å². The molecule has 4 nitrogen and oxygen atoms in total. The second-order valence-corrected chi connectivity index (χ2v) is 7.23. The number of aromatic nitrogens is 2. The van der Waals surface area contributed by atoms with Crippen LogP contribution in [0.1, 0.15) is 30.3 Å². The van der Waals surface area contributed by atoms with Gasteiger partial charge in [-0.2, -0.15) is 0 Å². The first-order valence-electron chi connectivity index (χ1n) is 6.20. The topological polar surface area (TPSA) is 51.4 Å². The van der Waals surface area contributed by atoms with Crippen molar-refractivity contribution in [2.24, 2.45) is 0 Å². The molecule has 3 rings (SSSR count). The Kier molecular flexibility index (Phi) is 2.66. The molecule has 0 N–H and O–H groups in total. The Morgan fingerprint density at radius 3 is 3.00 bits per heavy atom. The number of hydrogen-bond donors (Lipinski definition) is 0. The maximum Gasteiger partial charge on any atom is 0.151 e. The standard InChI is InChI=1S/C13H16N2O2S/c1-10-4-2-6-12-8-14-13(15(10)12)11-5-3-7-18(16,17)9-11/h2,4,6,8,11H,3,5,7,9H2,1H3. The van der Waals surface area contributed by atoms with E-state index in [0.29, 0.717) is 5.75 Å².